The number of carbonyl (C=O) groups excluding carboxylic acids is 2. The number of aliphatic hydroxyl groups excluding tert-OH is 2. The normalized spacial score (nSPS) is 10.6. The number of hydrogen-bond acceptors (Lipinski definition) is 5. The average Bonchev–Trinajstić information content (AvgIpc) is 2.39. The lowest BCUT2D eigenvalue weighted by molar-refractivity contribution is -0.121. The predicted molar refractivity (Wildman–Crippen MR) is 77.2 cm³/mol. The van der Waals surface area contributed by atoms with E-state index in [0.717, 1.165) is 0 Å². The SMILES string of the molecule is O=C(CN(CCO)CCO)NC(=O)c1ccccc1Br. The molecule has 0 aliphatic carbocycles. The van der Waals surface area contributed by atoms with Gasteiger partial charge in [0, 0.05) is 17.6 Å². The maximum absolute atomic E-state index is 11.9. The number of hydrogen-bond donors (Lipinski definition) is 3. The lowest BCUT2D eigenvalue weighted by Gasteiger charge is -2.19. The summed E-state index contributed by atoms with van der Waals surface area (Å²) in [4.78, 5) is 25.2. The average molecular weight is 345 g/mol. The van der Waals surface area contributed by atoms with Crippen LogP contribution in [0.5, 0.6) is 0 Å². The first-order valence-corrected chi connectivity index (χ1v) is 6.90. The number of halogens is 1. The van der Waals surface area contributed by atoms with Crippen LogP contribution in [0.3, 0.4) is 0 Å². The number of amides is 2. The lowest BCUT2D eigenvalue weighted by Crippen LogP contribution is -2.42. The van der Waals surface area contributed by atoms with Gasteiger partial charge in [0.05, 0.1) is 25.3 Å². The van der Waals surface area contributed by atoms with Gasteiger partial charge in [0.15, 0.2) is 0 Å². The Bertz CT molecular complexity index is 461. The fourth-order valence-electron chi connectivity index (χ4n) is 1.63. The third kappa shape index (κ3) is 5.38. The maximum Gasteiger partial charge on any atom is 0.259 e. The van der Waals surface area contributed by atoms with Crippen LogP contribution in [-0.2, 0) is 4.79 Å². The molecule has 0 fully saturated rings. The van der Waals surface area contributed by atoms with Crippen molar-refractivity contribution in [2.45, 2.75) is 0 Å². The van der Waals surface area contributed by atoms with Crippen molar-refractivity contribution < 1.29 is 19.8 Å². The smallest absolute Gasteiger partial charge is 0.259 e. The summed E-state index contributed by atoms with van der Waals surface area (Å²) in [6.07, 6.45) is 0. The topological polar surface area (TPSA) is 89.9 Å². The molecule has 20 heavy (non-hydrogen) atoms. The zero-order chi connectivity index (χ0) is 15.0. The number of benzene rings is 1. The first kappa shape index (κ1) is 16.8. The third-order valence-electron chi connectivity index (χ3n) is 2.57. The van der Waals surface area contributed by atoms with Crippen LogP contribution in [0, 0.1) is 0 Å². The van der Waals surface area contributed by atoms with Crippen LogP contribution in [0.15, 0.2) is 28.7 Å². The fraction of sp³-hybridized carbons (Fsp3) is 0.385. The number of aliphatic hydroxyl groups is 2. The van der Waals surface area contributed by atoms with Crippen molar-refractivity contribution in [2.24, 2.45) is 0 Å². The van der Waals surface area contributed by atoms with E-state index >= 15 is 0 Å². The van der Waals surface area contributed by atoms with Gasteiger partial charge in [-0.15, -0.1) is 0 Å². The number of rotatable bonds is 7. The minimum atomic E-state index is -0.490. The van der Waals surface area contributed by atoms with Crippen molar-refractivity contribution in [1.29, 1.82) is 0 Å². The van der Waals surface area contributed by atoms with Gasteiger partial charge < -0.3 is 10.2 Å². The lowest BCUT2D eigenvalue weighted by atomic mass is 10.2. The number of imide groups is 1. The maximum atomic E-state index is 11.9. The molecule has 0 atom stereocenters. The Hall–Kier alpha value is -1.28. The van der Waals surface area contributed by atoms with Gasteiger partial charge in [0.1, 0.15) is 0 Å². The summed E-state index contributed by atoms with van der Waals surface area (Å²) in [6, 6.07) is 6.79. The van der Waals surface area contributed by atoms with E-state index in [4.69, 9.17) is 10.2 Å². The van der Waals surface area contributed by atoms with E-state index in [1.165, 1.54) is 0 Å². The Balaban J connectivity index is 2.57. The summed E-state index contributed by atoms with van der Waals surface area (Å²) in [5, 5.41) is 20.0. The molecule has 2 amide bonds. The molecule has 7 heteroatoms. The molecule has 0 heterocycles. The zero-order valence-corrected chi connectivity index (χ0v) is 12.5. The van der Waals surface area contributed by atoms with Crippen LogP contribution in [0.25, 0.3) is 0 Å². The molecular weight excluding hydrogens is 328 g/mol. The van der Waals surface area contributed by atoms with Crippen LogP contribution >= 0.6 is 15.9 Å². The molecule has 0 bridgehead atoms. The number of nitrogens with one attached hydrogen (secondary N) is 1. The molecule has 0 saturated heterocycles. The molecule has 0 saturated carbocycles. The summed E-state index contributed by atoms with van der Waals surface area (Å²) in [6.45, 7) is 0.225. The third-order valence-corrected chi connectivity index (χ3v) is 3.26. The van der Waals surface area contributed by atoms with Crippen molar-refractivity contribution in [3.63, 3.8) is 0 Å². The standard InChI is InChI=1S/C13H17BrN2O4/c14-11-4-2-1-3-10(11)13(20)15-12(19)9-16(5-7-17)6-8-18/h1-4,17-18H,5-9H2,(H,15,19,20). The molecule has 0 radical (unpaired) electrons. The predicted octanol–water partition coefficient (Wildman–Crippen LogP) is -0.00790. The van der Waals surface area contributed by atoms with Crippen molar-refractivity contribution in [2.75, 3.05) is 32.8 Å². The molecule has 1 aromatic rings. The van der Waals surface area contributed by atoms with Gasteiger partial charge in [-0.3, -0.25) is 19.8 Å². The quantitative estimate of drug-likeness (QED) is 0.647. The van der Waals surface area contributed by atoms with E-state index in [0.29, 0.717) is 10.0 Å². The van der Waals surface area contributed by atoms with Crippen LogP contribution in [0.2, 0.25) is 0 Å². The van der Waals surface area contributed by atoms with Crippen molar-refractivity contribution >= 4 is 27.7 Å². The molecule has 1 aromatic carbocycles. The Morgan fingerprint density at radius 3 is 2.30 bits per heavy atom. The highest BCUT2D eigenvalue weighted by atomic mass is 79.9. The van der Waals surface area contributed by atoms with Gasteiger partial charge in [-0.1, -0.05) is 12.1 Å². The van der Waals surface area contributed by atoms with Gasteiger partial charge in [-0.2, -0.15) is 0 Å². The highest BCUT2D eigenvalue weighted by Crippen LogP contribution is 2.15. The van der Waals surface area contributed by atoms with Gasteiger partial charge in [0.25, 0.3) is 5.91 Å². The van der Waals surface area contributed by atoms with Gasteiger partial charge in [-0.25, -0.2) is 0 Å². The van der Waals surface area contributed by atoms with Gasteiger partial charge in [0.2, 0.25) is 5.91 Å². The van der Waals surface area contributed by atoms with Gasteiger partial charge in [-0.05, 0) is 28.1 Å². The summed E-state index contributed by atoms with van der Waals surface area (Å²) < 4.78 is 0.605. The molecule has 0 aliphatic rings. The largest absolute Gasteiger partial charge is 0.395 e. The Labute approximate surface area is 125 Å². The second-order valence-corrected chi connectivity index (χ2v) is 4.93. The summed E-state index contributed by atoms with van der Waals surface area (Å²) in [7, 11) is 0. The summed E-state index contributed by atoms with van der Waals surface area (Å²) in [5.74, 6) is -0.969. The monoisotopic (exact) mass is 344 g/mol. The van der Waals surface area contributed by atoms with Crippen molar-refractivity contribution in [3.8, 4) is 0 Å². The van der Waals surface area contributed by atoms with Gasteiger partial charge >= 0.3 is 0 Å². The number of nitrogens with zero attached hydrogens (tertiary/aromatic N) is 1. The highest BCUT2D eigenvalue weighted by Gasteiger charge is 2.15. The van der Waals surface area contributed by atoms with Crippen LogP contribution in [0.1, 0.15) is 10.4 Å². The molecule has 3 N–H and O–H groups in total. The Morgan fingerprint density at radius 1 is 1.15 bits per heavy atom. The molecule has 110 valence electrons. The Morgan fingerprint density at radius 2 is 1.75 bits per heavy atom. The van der Waals surface area contributed by atoms with E-state index < -0.39 is 11.8 Å². The molecule has 0 unspecified atom stereocenters. The van der Waals surface area contributed by atoms with E-state index in [1.54, 1.807) is 29.2 Å². The first-order valence-electron chi connectivity index (χ1n) is 6.11. The van der Waals surface area contributed by atoms with E-state index in [2.05, 4.69) is 21.2 Å². The van der Waals surface area contributed by atoms with Crippen molar-refractivity contribution in [1.82, 2.24) is 10.2 Å². The second-order valence-electron chi connectivity index (χ2n) is 4.08. The second kappa shape index (κ2) is 8.80. The summed E-state index contributed by atoms with van der Waals surface area (Å²) >= 11 is 3.24. The first-order chi connectivity index (χ1) is 9.58. The van der Waals surface area contributed by atoms with Crippen LogP contribution in [-0.4, -0.2) is 59.8 Å². The molecule has 0 aromatic heterocycles. The van der Waals surface area contributed by atoms with Crippen LogP contribution in [0.4, 0.5) is 0 Å². The van der Waals surface area contributed by atoms with E-state index in [-0.39, 0.29) is 32.8 Å². The zero-order valence-electron chi connectivity index (χ0n) is 10.9. The molecule has 1 rings (SSSR count). The minimum absolute atomic E-state index is 0.0582. The highest BCUT2D eigenvalue weighted by molar-refractivity contribution is 9.10. The summed E-state index contributed by atoms with van der Waals surface area (Å²) in [5.41, 5.74) is 0.372. The van der Waals surface area contributed by atoms with Crippen molar-refractivity contribution in [3.05, 3.63) is 34.3 Å². The molecule has 0 spiro atoms. The minimum Gasteiger partial charge on any atom is -0.395 e. The Kier molecular flexibility index (Phi) is 7.38. The molecule has 0 aliphatic heterocycles. The van der Waals surface area contributed by atoms with Crippen LogP contribution < -0.4 is 5.32 Å². The van der Waals surface area contributed by atoms with E-state index in [9.17, 15) is 9.59 Å². The van der Waals surface area contributed by atoms with E-state index in [1.807, 2.05) is 0 Å². The molecule has 6 nitrogen and oxygen atoms in total. The molecular formula is C13H17BrN2O4. The number of carbonyl (C=O) groups is 2. The fourth-order valence-corrected chi connectivity index (χ4v) is 2.10.